The van der Waals surface area contributed by atoms with Crippen LogP contribution in [0.2, 0.25) is 0 Å². The van der Waals surface area contributed by atoms with Crippen LogP contribution in [0, 0.1) is 5.82 Å². The van der Waals surface area contributed by atoms with Crippen molar-refractivity contribution in [3.05, 3.63) is 51.3 Å². The summed E-state index contributed by atoms with van der Waals surface area (Å²) < 4.78 is 30.6. The number of halogens is 2. The molecule has 148 valence electrons. The second-order valence-corrected chi connectivity index (χ2v) is 7.37. The van der Waals surface area contributed by atoms with Crippen LogP contribution >= 0.6 is 0 Å². The summed E-state index contributed by atoms with van der Waals surface area (Å²) in [5.41, 5.74) is 5.69. The van der Waals surface area contributed by atoms with Crippen LogP contribution in [-0.2, 0) is 0 Å². The number of carbonyl (C=O) groups is 1. The van der Waals surface area contributed by atoms with E-state index in [4.69, 9.17) is 5.73 Å². The topological polar surface area (TPSA) is 88.6 Å². The SMILES string of the molecule is NC/C(F)=C1/CCCN(c2cc3c(cc2F)c(=O)c(C(=O)O)cn3C2CC2)C1. The van der Waals surface area contributed by atoms with Gasteiger partial charge in [-0.15, -0.1) is 0 Å². The van der Waals surface area contributed by atoms with Crippen LogP contribution in [0.1, 0.15) is 42.1 Å². The monoisotopic (exact) mass is 389 g/mol. The number of benzene rings is 1. The summed E-state index contributed by atoms with van der Waals surface area (Å²) in [6, 6.07) is 2.79. The number of piperidine rings is 1. The van der Waals surface area contributed by atoms with Gasteiger partial charge in [0.15, 0.2) is 0 Å². The summed E-state index contributed by atoms with van der Waals surface area (Å²) >= 11 is 0. The molecule has 1 saturated heterocycles. The van der Waals surface area contributed by atoms with Gasteiger partial charge in [0, 0.05) is 37.3 Å². The van der Waals surface area contributed by atoms with Gasteiger partial charge in [-0.3, -0.25) is 4.79 Å². The molecule has 3 N–H and O–H groups in total. The molecule has 0 spiro atoms. The number of anilines is 1. The largest absolute Gasteiger partial charge is 0.477 e. The second kappa shape index (κ2) is 7.01. The van der Waals surface area contributed by atoms with Crippen molar-refractivity contribution in [2.45, 2.75) is 31.7 Å². The number of hydrogen-bond acceptors (Lipinski definition) is 4. The normalized spacial score (nSPS) is 19.2. The summed E-state index contributed by atoms with van der Waals surface area (Å²) in [5, 5.41) is 9.37. The highest BCUT2D eigenvalue weighted by molar-refractivity contribution is 5.93. The van der Waals surface area contributed by atoms with Crippen molar-refractivity contribution in [2.24, 2.45) is 5.73 Å². The maximum absolute atomic E-state index is 14.9. The van der Waals surface area contributed by atoms with E-state index in [0.717, 1.165) is 18.9 Å². The highest BCUT2D eigenvalue weighted by Gasteiger charge is 2.28. The molecule has 4 rings (SSSR count). The Morgan fingerprint density at radius 3 is 2.71 bits per heavy atom. The fraction of sp³-hybridized carbons (Fsp3) is 0.400. The third-order valence-electron chi connectivity index (χ3n) is 5.46. The molecule has 28 heavy (non-hydrogen) atoms. The highest BCUT2D eigenvalue weighted by atomic mass is 19.1. The molecule has 2 aromatic rings. The predicted molar refractivity (Wildman–Crippen MR) is 102 cm³/mol. The number of nitrogens with two attached hydrogens (primary N) is 1. The molecule has 0 radical (unpaired) electrons. The van der Waals surface area contributed by atoms with E-state index in [9.17, 15) is 23.5 Å². The number of hydrogen-bond donors (Lipinski definition) is 2. The minimum atomic E-state index is -1.33. The Balaban J connectivity index is 1.86. The van der Waals surface area contributed by atoms with Crippen LogP contribution in [0.5, 0.6) is 0 Å². The molecule has 2 heterocycles. The Morgan fingerprint density at radius 1 is 1.32 bits per heavy atom. The lowest BCUT2D eigenvalue weighted by atomic mass is 10.0. The molecule has 8 heteroatoms. The van der Waals surface area contributed by atoms with Crippen LogP contribution in [0.4, 0.5) is 14.5 Å². The Morgan fingerprint density at radius 2 is 2.07 bits per heavy atom. The average molecular weight is 389 g/mol. The second-order valence-electron chi connectivity index (χ2n) is 7.37. The van der Waals surface area contributed by atoms with E-state index in [1.165, 1.54) is 6.20 Å². The average Bonchev–Trinajstić information content (AvgIpc) is 3.52. The van der Waals surface area contributed by atoms with E-state index in [1.807, 2.05) is 0 Å². The summed E-state index contributed by atoms with van der Waals surface area (Å²) in [6.45, 7) is 0.625. The lowest BCUT2D eigenvalue weighted by molar-refractivity contribution is 0.0695. The van der Waals surface area contributed by atoms with Gasteiger partial charge in [0.2, 0.25) is 5.43 Å². The van der Waals surface area contributed by atoms with E-state index in [0.29, 0.717) is 30.5 Å². The molecule has 1 aliphatic carbocycles. The van der Waals surface area contributed by atoms with E-state index >= 15 is 0 Å². The zero-order chi connectivity index (χ0) is 20.0. The number of fused-ring (bicyclic) bond motifs is 1. The first-order chi connectivity index (χ1) is 13.4. The van der Waals surface area contributed by atoms with Gasteiger partial charge < -0.3 is 20.3 Å². The molecular formula is C20H21F2N3O3. The zero-order valence-corrected chi connectivity index (χ0v) is 15.3. The molecule has 1 aromatic heterocycles. The number of aromatic carboxylic acids is 1. The Kier molecular flexibility index (Phi) is 4.66. The Hall–Kier alpha value is -2.74. The smallest absolute Gasteiger partial charge is 0.341 e. The standard InChI is InChI=1S/C20H21F2N3O3/c21-15-6-13-17(25(12-3-4-12)10-14(19(13)26)20(27)28)7-18(15)24-5-1-2-11(9-24)16(22)8-23/h6-7,10,12H,1-5,8-9,23H2,(H,27,28)/b16-11+. The summed E-state index contributed by atoms with van der Waals surface area (Å²) in [7, 11) is 0. The molecule has 6 nitrogen and oxygen atoms in total. The molecule has 1 aromatic carbocycles. The molecule has 0 unspecified atom stereocenters. The van der Waals surface area contributed by atoms with Crippen molar-refractivity contribution in [3.63, 3.8) is 0 Å². The van der Waals surface area contributed by atoms with Crippen molar-refractivity contribution in [1.82, 2.24) is 4.57 Å². The molecule has 2 aliphatic rings. The van der Waals surface area contributed by atoms with Gasteiger partial charge >= 0.3 is 5.97 Å². The third kappa shape index (κ3) is 3.17. The van der Waals surface area contributed by atoms with Crippen molar-refractivity contribution >= 4 is 22.6 Å². The van der Waals surface area contributed by atoms with Gasteiger partial charge in [0.25, 0.3) is 0 Å². The molecular weight excluding hydrogens is 368 g/mol. The van der Waals surface area contributed by atoms with Crippen LogP contribution in [0.25, 0.3) is 10.9 Å². The molecule has 1 saturated carbocycles. The quantitative estimate of drug-likeness (QED) is 0.839. The third-order valence-corrected chi connectivity index (χ3v) is 5.46. The van der Waals surface area contributed by atoms with Crippen molar-refractivity contribution < 1.29 is 18.7 Å². The van der Waals surface area contributed by atoms with E-state index in [1.54, 1.807) is 15.5 Å². The van der Waals surface area contributed by atoms with Gasteiger partial charge in [-0.2, -0.15) is 0 Å². The van der Waals surface area contributed by atoms with E-state index in [2.05, 4.69) is 0 Å². The Bertz CT molecular complexity index is 1060. The number of pyridine rings is 1. The van der Waals surface area contributed by atoms with Crippen molar-refractivity contribution in [1.29, 1.82) is 0 Å². The first-order valence-corrected chi connectivity index (χ1v) is 9.33. The van der Waals surface area contributed by atoms with Crippen molar-refractivity contribution in [2.75, 3.05) is 24.5 Å². The number of nitrogens with zero attached hydrogens (tertiary/aromatic N) is 2. The maximum Gasteiger partial charge on any atom is 0.341 e. The minimum Gasteiger partial charge on any atom is -0.477 e. The van der Waals surface area contributed by atoms with E-state index in [-0.39, 0.29) is 41.6 Å². The molecule has 0 amide bonds. The fourth-order valence-corrected chi connectivity index (χ4v) is 3.85. The lowest BCUT2D eigenvalue weighted by Gasteiger charge is -2.31. The number of rotatable bonds is 4. The van der Waals surface area contributed by atoms with E-state index < -0.39 is 17.2 Å². The first-order valence-electron chi connectivity index (χ1n) is 9.33. The minimum absolute atomic E-state index is 0.0500. The summed E-state index contributed by atoms with van der Waals surface area (Å²) in [5.74, 6) is -2.32. The number of carboxylic acids is 1. The zero-order valence-electron chi connectivity index (χ0n) is 15.3. The van der Waals surface area contributed by atoms with Gasteiger partial charge in [-0.05, 0) is 43.4 Å². The predicted octanol–water partition coefficient (Wildman–Crippen LogP) is 2.96. The maximum atomic E-state index is 14.9. The van der Waals surface area contributed by atoms with Crippen LogP contribution in [-0.4, -0.2) is 35.3 Å². The van der Waals surface area contributed by atoms with Gasteiger partial charge in [-0.25, -0.2) is 13.6 Å². The fourth-order valence-electron chi connectivity index (χ4n) is 3.85. The first kappa shape index (κ1) is 18.6. The number of carboxylic acid groups (broad SMARTS) is 1. The van der Waals surface area contributed by atoms with Gasteiger partial charge in [-0.1, -0.05) is 0 Å². The highest BCUT2D eigenvalue weighted by Crippen LogP contribution is 2.38. The molecule has 1 aliphatic heterocycles. The van der Waals surface area contributed by atoms with Crippen molar-refractivity contribution in [3.8, 4) is 0 Å². The Labute approximate surface area is 159 Å². The molecule has 0 atom stereocenters. The van der Waals surface area contributed by atoms with Gasteiger partial charge in [0.1, 0.15) is 17.2 Å². The summed E-state index contributed by atoms with van der Waals surface area (Å²) in [6.07, 6.45) is 4.36. The molecule has 2 fully saturated rings. The van der Waals surface area contributed by atoms with Crippen LogP contribution < -0.4 is 16.1 Å². The van der Waals surface area contributed by atoms with Gasteiger partial charge in [0.05, 0.1) is 11.2 Å². The molecule has 0 bridgehead atoms. The summed E-state index contributed by atoms with van der Waals surface area (Å²) in [4.78, 5) is 25.7. The van der Waals surface area contributed by atoms with Crippen LogP contribution in [0.3, 0.4) is 0 Å². The van der Waals surface area contributed by atoms with Crippen LogP contribution in [0.15, 0.2) is 34.5 Å². The lowest BCUT2D eigenvalue weighted by Crippen LogP contribution is -2.33. The number of aromatic nitrogens is 1.